The average molecular weight is 488 g/mol. The minimum absolute atomic E-state index is 0.00596. The highest BCUT2D eigenvalue weighted by Crippen LogP contribution is 2.36. The van der Waals surface area contributed by atoms with Gasteiger partial charge >= 0.3 is 0 Å². The summed E-state index contributed by atoms with van der Waals surface area (Å²) in [5.41, 5.74) is 3.15. The lowest BCUT2D eigenvalue weighted by Gasteiger charge is -2.49. The van der Waals surface area contributed by atoms with Crippen LogP contribution in [0.1, 0.15) is 50.9 Å². The molecule has 1 saturated heterocycles. The predicted molar refractivity (Wildman–Crippen MR) is 137 cm³/mol. The number of carbonyl (C=O) groups excluding carboxylic acids is 1. The van der Waals surface area contributed by atoms with E-state index in [4.69, 9.17) is 27.9 Å². The molecule has 1 fully saturated rings. The molecule has 0 aliphatic carbocycles. The zero-order chi connectivity index (χ0) is 24.1. The topological polar surface area (TPSA) is 57.4 Å². The maximum absolute atomic E-state index is 13.4. The number of fused-ring (bicyclic) bond motifs is 1. The summed E-state index contributed by atoms with van der Waals surface area (Å²) in [4.78, 5) is 18.7. The SMILES string of the molecule is COc1cc(C(=O)N(C)C2CC(C)(C)NC(C)(C)C2)ccc1-c1cc2cc(Cl)c(Cl)cc2[nH]1. The Morgan fingerprint density at radius 2 is 1.67 bits per heavy atom. The second-order valence-corrected chi connectivity index (χ2v) is 11.1. The summed E-state index contributed by atoms with van der Waals surface area (Å²) in [7, 11) is 3.51. The van der Waals surface area contributed by atoms with Gasteiger partial charge in [0, 0.05) is 46.2 Å². The number of carbonyl (C=O) groups is 1. The van der Waals surface area contributed by atoms with Gasteiger partial charge in [-0.1, -0.05) is 23.2 Å². The lowest BCUT2D eigenvalue weighted by Crippen LogP contribution is -2.62. The molecular weight excluding hydrogens is 457 g/mol. The molecular formula is C26H31Cl2N3O2. The van der Waals surface area contributed by atoms with Crippen LogP contribution in [0.2, 0.25) is 10.0 Å². The Labute approximate surface area is 205 Å². The maximum atomic E-state index is 13.4. The number of methoxy groups -OCH3 is 1. The average Bonchev–Trinajstić information content (AvgIpc) is 3.12. The van der Waals surface area contributed by atoms with Crippen molar-refractivity contribution in [2.45, 2.75) is 57.7 Å². The number of aromatic amines is 1. The first kappa shape index (κ1) is 23.9. The Kier molecular flexibility index (Phi) is 6.19. The third-order valence-electron chi connectivity index (χ3n) is 6.44. The summed E-state index contributed by atoms with van der Waals surface area (Å²) in [6, 6.07) is 11.4. The highest BCUT2D eigenvalue weighted by molar-refractivity contribution is 6.42. The predicted octanol–water partition coefficient (Wildman–Crippen LogP) is 6.53. The first-order chi connectivity index (χ1) is 15.4. The summed E-state index contributed by atoms with van der Waals surface area (Å²) in [6.45, 7) is 8.77. The monoisotopic (exact) mass is 487 g/mol. The number of amides is 1. The Balaban J connectivity index is 1.63. The summed E-state index contributed by atoms with van der Waals surface area (Å²) >= 11 is 12.3. The van der Waals surface area contributed by atoms with E-state index in [1.54, 1.807) is 7.11 Å². The number of ether oxygens (including phenoxy) is 1. The molecule has 0 spiro atoms. The van der Waals surface area contributed by atoms with Crippen LogP contribution in [0.15, 0.2) is 36.4 Å². The van der Waals surface area contributed by atoms with E-state index in [0.717, 1.165) is 35.0 Å². The van der Waals surface area contributed by atoms with Crippen LogP contribution in [0, 0.1) is 0 Å². The van der Waals surface area contributed by atoms with E-state index in [1.165, 1.54) is 0 Å². The Morgan fingerprint density at radius 1 is 1.03 bits per heavy atom. The lowest BCUT2D eigenvalue weighted by atomic mass is 9.79. The molecule has 7 heteroatoms. The van der Waals surface area contributed by atoms with Crippen molar-refractivity contribution in [3.05, 3.63) is 52.0 Å². The van der Waals surface area contributed by atoms with Crippen LogP contribution in [0.3, 0.4) is 0 Å². The van der Waals surface area contributed by atoms with Gasteiger partial charge in [0.2, 0.25) is 0 Å². The van der Waals surface area contributed by atoms with Gasteiger partial charge in [-0.15, -0.1) is 0 Å². The van der Waals surface area contributed by atoms with Gasteiger partial charge in [-0.2, -0.15) is 0 Å². The van der Waals surface area contributed by atoms with Gasteiger partial charge in [-0.05, 0) is 76.9 Å². The summed E-state index contributed by atoms with van der Waals surface area (Å²) < 4.78 is 5.67. The van der Waals surface area contributed by atoms with Crippen molar-refractivity contribution in [1.29, 1.82) is 0 Å². The van der Waals surface area contributed by atoms with Crippen molar-refractivity contribution in [1.82, 2.24) is 15.2 Å². The fraction of sp³-hybridized carbons (Fsp3) is 0.423. The Morgan fingerprint density at radius 3 is 2.30 bits per heavy atom. The third-order valence-corrected chi connectivity index (χ3v) is 7.16. The van der Waals surface area contributed by atoms with Gasteiger partial charge in [0.15, 0.2) is 0 Å². The Bertz CT molecular complexity index is 1160. The molecule has 2 aromatic carbocycles. The number of piperidine rings is 1. The zero-order valence-corrected chi connectivity index (χ0v) is 21.5. The largest absolute Gasteiger partial charge is 0.496 e. The van der Waals surface area contributed by atoms with E-state index in [-0.39, 0.29) is 23.0 Å². The second kappa shape index (κ2) is 8.53. The molecule has 0 bridgehead atoms. The standard InChI is InChI=1S/C26H31Cl2N3O2/c1-25(2)13-17(14-26(3,4)30-25)31(5)24(32)15-7-8-18(23(11-15)33-6)22-10-16-9-19(27)20(28)12-21(16)29-22/h7-12,17,29-30H,13-14H2,1-6H3. The number of rotatable bonds is 4. The van der Waals surface area contributed by atoms with Gasteiger partial charge < -0.3 is 19.9 Å². The van der Waals surface area contributed by atoms with Crippen molar-refractivity contribution < 1.29 is 9.53 Å². The number of benzene rings is 2. The van der Waals surface area contributed by atoms with Crippen molar-refractivity contribution in [3.63, 3.8) is 0 Å². The first-order valence-electron chi connectivity index (χ1n) is 11.1. The van der Waals surface area contributed by atoms with Gasteiger partial charge in [-0.25, -0.2) is 0 Å². The number of nitrogens with zero attached hydrogens (tertiary/aromatic N) is 1. The summed E-state index contributed by atoms with van der Waals surface area (Å²) in [6.07, 6.45) is 1.79. The molecule has 1 aliphatic heterocycles. The molecule has 2 N–H and O–H groups in total. The number of hydrogen-bond acceptors (Lipinski definition) is 3. The molecule has 1 aromatic heterocycles. The quantitative estimate of drug-likeness (QED) is 0.439. The molecule has 0 atom stereocenters. The van der Waals surface area contributed by atoms with Crippen LogP contribution in [0.25, 0.3) is 22.2 Å². The highest BCUT2D eigenvalue weighted by atomic mass is 35.5. The van der Waals surface area contributed by atoms with Gasteiger partial charge in [0.05, 0.1) is 22.8 Å². The van der Waals surface area contributed by atoms with E-state index in [2.05, 4.69) is 38.0 Å². The van der Waals surface area contributed by atoms with E-state index in [1.807, 2.05) is 48.3 Å². The van der Waals surface area contributed by atoms with Gasteiger partial charge in [0.1, 0.15) is 5.75 Å². The van der Waals surface area contributed by atoms with Gasteiger partial charge in [0.25, 0.3) is 5.91 Å². The Hall–Kier alpha value is -2.21. The number of H-pyrrole nitrogens is 1. The van der Waals surface area contributed by atoms with Gasteiger partial charge in [-0.3, -0.25) is 4.79 Å². The molecule has 176 valence electrons. The minimum atomic E-state index is -0.0378. The number of nitrogens with one attached hydrogen (secondary N) is 2. The fourth-order valence-corrected chi connectivity index (χ4v) is 5.57. The molecule has 33 heavy (non-hydrogen) atoms. The van der Waals surface area contributed by atoms with E-state index < -0.39 is 0 Å². The molecule has 0 unspecified atom stereocenters. The molecule has 1 amide bonds. The summed E-state index contributed by atoms with van der Waals surface area (Å²) in [5, 5.41) is 5.64. The molecule has 0 radical (unpaired) electrons. The first-order valence-corrected chi connectivity index (χ1v) is 11.9. The van der Waals surface area contributed by atoms with E-state index in [0.29, 0.717) is 21.4 Å². The molecule has 1 aliphatic rings. The molecule has 5 nitrogen and oxygen atoms in total. The van der Waals surface area contributed by atoms with E-state index in [9.17, 15) is 4.79 Å². The molecule has 0 saturated carbocycles. The fourth-order valence-electron chi connectivity index (χ4n) is 5.23. The van der Waals surface area contributed by atoms with Crippen LogP contribution < -0.4 is 10.1 Å². The molecule has 4 rings (SSSR count). The zero-order valence-electron chi connectivity index (χ0n) is 20.0. The van der Waals surface area contributed by atoms with E-state index >= 15 is 0 Å². The van der Waals surface area contributed by atoms with Crippen LogP contribution >= 0.6 is 23.2 Å². The number of aromatic nitrogens is 1. The van der Waals surface area contributed by atoms with Crippen LogP contribution in [0.5, 0.6) is 5.75 Å². The normalized spacial score (nSPS) is 17.8. The van der Waals surface area contributed by atoms with Crippen molar-refractivity contribution in [3.8, 4) is 17.0 Å². The minimum Gasteiger partial charge on any atom is -0.496 e. The maximum Gasteiger partial charge on any atom is 0.253 e. The third kappa shape index (κ3) is 4.86. The second-order valence-electron chi connectivity index (χ2n) is 10.3. The van der Waals surface area contributed by atoms with Crippen LogP contribution in [-0.2, 0) is 0 Å². The molecule has 2 heterocycles. The lowest BCUT2D eigenvalue weighted by molar-refractivity contribution is 0.0528. The van der Waals surface area contributed by atoms with Crippen molar-refractivity contribution >= 4 is 40.0 Å². The van der Waals surface area contributed by atoms with Crippen molar-refractivity contribution in [2.75, 3.05) is 14.2 Å². The molecule has 3 aromatic rings. The summed E-state index contributed by atoms with van der Waals surface area (Å²) in [5.74, 6) is 0.623. The van der Waals surface area contributed by atoms with Crippen LogP contribution in [-0.4, -0.2) is 47.1 Å². The van der Waals surface area contributed by atoms with Crippen LogP contribution in [0.4, 0.5) is 0 Å². The highest BCUT2D eigenvalue weighted by Gasteiger charge is 2.40. The number of halogens is 2. The van der Waals surface area contributed by atoms with Crippen molar-refractivity contribution in [2.24, 2.45) is 0 Å². The smallest absolute Gasteiger partial charge is 0.253 e. The number of hydrogen-bond donors (Lipinski definition) is 2.